The van der Waals surface area contributed by atoms with Gasteiger partial charge < -0.3 is 4.74 Å². The summed E-state index contributed by atoms with van der Waals surface area (Å²) in [4.78, 5) is 17.5. The molecular formula is C23H29N5O2. The van der Waals surface area contributed by atoms with Crippen molar-refractivity contribution in [3.8, 4) is 17.1 Å². The SMILES string of the molecule is CCCCCCCCc1ccc(OCC(=O)Cn2nnc(-c3cccnc3)n2)cc1. The molecule has 0 atom stereocenters. The number of ketones is 1. The Morgan fingerprint density at radius 2 is 1.83 bits per heavy atom. The molecule has 0 N–H and O–H groups in total. The van der Waals surface area contributed by atoms with Gasteiger partial charge in [0.25, 0.3) is 0 Å². The first-order valence-electron chi connectivity index (χ1n) is 10.7. The Bertz CT molecular complexity index is 893. The number of carbonyl (C=O) groups is 1. The van der Waals surface area contributed by atoms with Crippen LogP contribution in [0.4, 0.5) is 0 Å². The predicted molar refractivity (Wildman–Crippen MR) is 115 cm³/mol. The van der Waals surface area contributed by atoms with Crippen LogP contribution < -0.4 is 4.74 Å². The van der Waals surface area contributed by atoms with Crippen LogP contribution in [0.25, 0.3) is 11.4 Å². The number of nitrogens with zero attached hydrogens (tertiary/aromatic N) is 5. The van der Waals surface area contributed by atoms with Gasteiger partial charge in [0.1, 0.15) is 18.9 Å². The topological polar surface area (TPSA) is 82.8 Å². The number of hydrogen-bond donors (Lipinski definition) is 0. The second-order valence-electron chi connectivity index (χ2n) is 7.37. The van der Waals surface area contributed by atoms with Crippen LogP contribution >= 0.6 is 0 Å². The standard InChI is InChI=1S/C23H29N5O2/c1-2-3-4-5-6-7-9-19-11-13-22(14-12-19)30-18-21(29)17-28-26-23(25-27-28)20-10-8-15-24-16-20/h8,10-16H,2-7,9,17-18H2,1H3. The van der Waals surface area contributed by atoms with Gasteiger partial charge in [-0.1, -0.05) is 51.2 Å². The zero-order valence-electron chi connectivity index (χ0n) is 17.5. The number of carbonyl (C=O) groups excluding carboxylic acids is 1. The zero-order valence-corrected chi connectivity index (χ0v) is 17.5. The Labute approximate surface area is 177 Å². The summed E-state index contributed by atoms with van der Waals surface area (Å²) in [5.41, 5.74) is 2.06. The van der Waals surface area contributed by atoms with E-state index in [1.807, 2.05) is 18.2 Å². The highest BCUT2D eigenvalue weighted by Gasteiger charge is 2.10. The predicted octanol–water partition coefficient (Wildman–Crippen LogP) is 4.29. The number of unbranched alkanes of at least 4 members (excludes halogenated alkanes) is 5. The smallest absolute Gasteiger partial charge is 0.206 e. The third kappa shape index (κ3) is 7.06. The van der Waals surface area contributed by atoms with Crippen molar-refractivity contribution in [2.45, 2.75) is 58.4 Å². The largest absolute Gasteiger partial charge is 0.486 e. The first-order valence-corrected chi connectivity index (χ1v) is 10.7. The molecule has 0 fully saturated rings. The van der Waals surface area contributed by atoms with Gasteiger partial charge in [0.05, 0.1) is 0 Å². The van der Waals surface area contributed by atoms with Gasteiger partial charge >= 0.3 is 0 Å². The second kappa shape index (κ2) is 11.8. The Hall–Kier alpha value is -3.09. The summed E-state index contributed by atoms with van der Waals surface area (Å²) in [5, 5.41) is 12.1. The van der Waals surface area contributed by atoms with Gasteiger partial charge in [-0.15, -0.1) is 10.2 Å². The van der Waals surface area contributed by atoms with Gasteiger partial charge in [-0.3, -0.25) is 9.78 Å². The Morgan fingerprint density at radius 1 is 1.03 bits per heavy atom. The van der Waals surface area contributed by atoms with E-state index >= 15 is 0 Å². The molecular weight excluding hydrogens is 378 g/mol. The van der Waals surface area contributed by atoms with E-state index < -0.39 is 0 Å². The number of aryl methyl sites for hydroxylation is 1. The van der Waals surface area contributed by atoms with E-state index in [0.29, 0.717) is 11.6 Å². The van der Waals surface area contributed by atoms with Crippen LogP contribution in [0, 0.1) is 0 Å². The molecule has 0 aliphatic rings. The van der Waals surface area contributed by atoms with E-state index in [2.05, 4.69) is 39.5 Å². The summed E-state index contributed by atoms with van der Waals surface area (Å²) in [5.74, 6) is 1.01. The van der Waals surface area contributed by atoms with Gasteiger partial charge in [0.15, 0.2) is 5.78 Å². The third-order valence-corrected chi connectivity index (χ3v) is 4.83. The maximum absolute atomic E-state index is 12.2. The molecule has 7 nitrogen and oxygen atoms in total. The quantitative estimate of drug-likeness (QED) is 0.393. The van der Waals surface area contributed by atoms with E-state index in [1.165, 1.54) is 48.9 Å². The fourth-order valence-corrected chi connectivity index (χ4v) is 3.15. The molecule has 0 unspecified atom stereocenters. The fourth-order valence-electron chi connectivity index (χ4n) is 3.15. The van der Waals surface area contributed by atoms with Crippen LogP contribution in [0.15, 0.2) is 48.8 Å². The lowest BCUT2D eigenvalue weighted by molar-refractivity contribution is -0.122. The third-order valence-electron chi connectivity index (χ3n) is 4.83. The van der Waals surface area contributed by atoms with Gasteiger partial charge in [-0.2, -0.15) is 4.80 Å². The summed E-state index contributed by atoms with van der Waals surface area (Å²) in [6, 6.07) is 11.6. The molecule has 2 heterocycles. The van der Waals surface area contributed by atoms with Crippen molar-refractivity contribution in [1.82, 2.24) is 25.2 Å². The average molecular weight is 408 g/mol. The van der Waals surface area contributed by atoms with Crippen LogP contribution in [0.5, 0.6) is 5.75 Å². The molecule has 3 aromatic rings. The Balaban J connectivity index is 1.38. The maximum atomic E-state index is 12.2. The minimum Gasteiger partial charge on any atom is -0.486 e. The second-order valence-corrected chi connectivity index (χ2v) is 7.37. The molecule has 0 saturated carbocycles. The summed E-state index contributed by atoms with van der Waals surface area (Å²) < 4.78 is 5.61. The van der Waals surface area contributed by atoms with Crippen LogP contribution in [0.3, 0.4) is 0 Å². The highest BCUT2D eigenvalue weighted by molar-refractivity contribution is 5.79. The lowest BCUT2D eigenvalue weighted by Crippen LogP contribution is -2.19. The average Bonchev–Trinajstić information content (AvgIpc) is 3.24. The van der Waals surface area contributed by atoms with Crippen molar-refractivity contribution in [2.75, 3.05) is 6.61 Å². The first-order chi connectivity index (χ1) is 14.7. The van der Waals surface area contributed by atoms with Crippen LogP contribution in [0.2, 0.25) is 0 Å². The number of rotatable bonds is 13. The van der Waals surface area contributed by atoms with Crippen LogP contribution in [-0.4, -0.2) is 37.6 Å². The lowest BCUT2D eigenvalue weighted by Gasteiger charge is -2.07. The molecule has 0 amide bonds. The zero-order chi connectivity index (χ0) is 21.0. The summed E-state index contributed by atoms with van der Waals surface area (Å²) in [7, 11) is 0. The molecule has 158 valence electrons. The van der Waals surface area contributed by atoms with Crippen LogP contribution in [0.1, 0.15) is 51.0 Å². The molecule has 1 aromatic carbocycles. The van der Waals surface area contributed by atoms with Gasteiger partial charge in [0.2, 0.25) is 5.82 Å². The van der Waals surface area contributed by atoms with Crippen molar-refractivity contribution in [2.24, 2.45) is 0 Å². The highest BCUT2D eigenvalue weighted by Crippen LogP contribution is 2.15. The molecule has 0 aliphatic carbocycles. The van der Waals surface area contributed by atoms with E-state index in [1.54, 1.807) is 18.5 Å². The van der Waals surface area contributed by atoms with E-state index in [0.717, 1.165) is 12.0 Å². The van der Waals surface area contributed by atoms with Gasteiger partial charge in [-0.05, 0) is 47.9 Å². The van der Waals surface area contributed by atoms with Crippen molar-refractivity contribution in [1.29, 1.82) is 0 Å². The van der Waals surface area contributed by atoms with Gasteiger partial charge in [-0.25, -0.2) is 0 Å². The molecule has 3 rings (SSSR count). The van der Waals surface area contributed by atoms with Crippen molar-refractivity contribution in [3.63, 3.8) is 0 Å². The van der Waals surface area contributed by atoms with E-state index in [-0.39, 0.29) is 18.9 Å². The molecule has 0 spiro atoms. The van der Waals surface area contributed by atoms with Gasteiger partial charge in [0, 0.05) is 18.0 Å². The van der Waals surface area contributed by atoms with E-state index in [4.69, 9.17) is 4.74 Å². The number of pyridine rings is 1. The molecule has 2 aromatic heterocycles. The molecule has 0 saturated heterocycles. The first kappa shape index (κ1) is 21.6. The minimum atomic E-state index is -0.124. The number of aromatic nitrogens is 5. The summed E-state index contributed by atoms with van der Waals surface area (Å²) in [6.07, 6.45) is 12.2. The normalized spacial score (nSPS) is 10.8. The van der Waals surface area contributed by atoms with E-state index in [9.17, 15) is 4.79 Å². The summed E-state index contributed by atoms with van der Waals surface area (Å²) >= 11 is 0. The monoisotopic (exact) mass is 407 g/mol. The molecule has 0 aliphatic heterocycles. The maximum Gasteiger partial charge on any atom is 0.206 e. The number of ether oxygens (including phenoxy) is 1. The Kier molecular flexibility index (Phi) is 8.50. The van der Waals surface area contributed by atoms with Crippen molar-refractivity contribution in [3.05, 3.63) is 54.4 Å². The number of benzene rings is 1. The number of hydrogen-bond acceptors (Lipinski definition) is 6. The molecule has 0 radical (unpaired) electrons. The van der Waals surface area contributed by atoms with Crippen LogP contribution in [-0.2, 0) is 17.8 Å². The number of tetrazole rings is 1. The Morgan fingerprint density at radius 3 is 2.60 bits per heavy atom. The molecule has 0 bridgehead atoms. The summed E-state index contributed by atoms with van der Waals surface area (Å²) in [6.45, 7) is 2.23. The molecule has 7 heteroatoms. The lowest BCUT2D eigenvalue weighted by atomic mass is 10.0. The number of Topliss-reactive ketones (excluding diaryl/α,β-unsaturated/α-hetero) is 1. The molecule has 30 heavy (non-hydrogen) atoms. The fraction of sp³-hybridized carbons (Fsp3) is 0.435. The minimum absolute atomic E-state index is 0.0172. The van der Waals surface area contributed by atoms with Crippen molar-refractivity contribution < 1.29 is 9.53 Å². The highest BCUT2D eigenvalue weighted by atomic mass is 16.5. The van der Waals surface area contributed by atoms with Crippen molar-refractivity contribution >= 4 is 5.78 Å².